The molecule has 0 aliphatic carbocycles. The van der Waals surface area contributed by atoms with Crippen LogP contribution in [0.25, 0.3) is 0 Å². The number of nitrogens with two attached hydrogens (primary N) is 1. The summed E-state index contributed by atoms with van der Waals surface area (Å²) in [5.41, 5.74) is 4.18. The van der Waals surface area contributed by atoms with Crippen LogP contribution in [0.15, 0.2) is 12.0 Å². The molecule has 0 fully saturated rings. The molecule has 1 amide bonds. The van der Waals surface area contributed by atoms with Crippen molar-refractivity contribution in [3.8, 4) is 0 Å². The van der Waals surface area contributed by atoms with Crippen LogP contribution in [0.4, 0.5) is 13.6 Å². The van der Waals surface area contributed by atoms with E-state index in [1.807, 2.05) is 5.32 Å². The first-order valence-corrected chi connectivity index (χ1v) is 4.60. The van der Waals surface area contributed by atoms with E-state index in [0.29, 0.717) is 0 Å². The second kappa shape index (κ2) is 6.02. The molecule has 4 N–H and O–H groups in total. The van der Waals surface area contributed by atoms with Gasteiger partial charge in [0.1, 0.15) is 11.4 Å². The van der Waals surface area contributed by atoms with Gasteiger partial charge in [-0.25, -0.2) is 4.79 Å². The van der Waals surface area contributed by atoms with E-state index < -0.39 is 30.0 Å². The largest absolute Gasteiger partial charge is 0.444 e. The average molecular weight is 251 g/mol. The molecule has 0 aliphatic rings. The molecule has 8 heteroatoms. The van der Waals surface area contributed by atoms with Gasteiger partial charge >= 0.3 is 12.7 Å². The molecule has 0 aromatic carbocycles. The third kappa shape index (κ3) is 9.09. The predicted molar refractivity (Wildman–Crippen MR) is 56.5 cm³/mol. The van der Waals surface area contributed by atoms with E-state index in [0.717, 1.165) is 6.08 Å². The van der Waals surface area contributed by atoms with Crippen LogP contribution in [-0.2, 0) is 9.47 Å². The monoisotopic (exact) mass is 251 g/mol. The molecule has 0 aliphatic heterocycles. The van der Waals surface area contributed by atoms with Crippen LogP contribution in [0.2, 0.25) is 0 Å². The van der Waals surface area contributed by atoms with Gasteiger partial charge in [0.2, 0.25) is 5.88 Å². The number of alkyl carbamates (subject to hydrolysis) is 1. The summed E-state index contributed by atoms with van der Waals surface area (Å²) >= 11 is 0. The zero-order valence-electron chi connectivity index (χ0n) is 9.71. The van der Waals surface area contributed by atoms with Crippen molar-refractivity contribution in [1.82, 2.24) is 5.32 Å². The lowest BCUT2D eigenvalue weighted by atomic mass is 10.2. The van der Waals surface area contributed by atoms with Crippen LogP contribution in [-0.4, -0.2) is 24.1 Å². The summed E-state index contributed by atoms with van der Waals surface area (Å²) in [5, 5.41) is 8.79. The number of carbonyl (C=O) groups excluding carboxylic acids is 1. The molecule has 0 aromatic rings. The number of carbonyl (C=O) groups is 1. The zero-order valence-corrected chi connectivity index (χ0v) is 9.71. The van der Waals surface area contributed by atoms with Crippen LogP contribution in [0.5, 0.6) is 0 Å². The maximum absolute atomic E-state index is 12.0. The van der Waals surface area contributed by atoms with Crippen LogP contribution in [0, 0.1) is 5.41 Å². The molecule has 0 spiro atoms. The Hall–Kier alpha value is -1.86. The van der Waals surface area contributed by atoms with Gasteiger partial charge in [-0.3, -0.25) is 10.7 Å². The molecule has 0 rings (SSSR count). The number of amidine groups is 1. The van der Waals surface area contributed by atoms with Crippen molar-refractivity contribution >= 4 is 11.9 Å². The smallest absolute Gasteiger partial charge is 0.414 e. The Morgan fingerprint density at radius 1 is 1.47 bits per heavy atom. The topological polar surface area (TPSA) is 97.4 Å². The Kier molecular flexibility index (Phi) is 5.36. The number of nitrogens with one attached hydrogen (secondary N) is 2. The highest BCUT2D eigenvalue weighted by Gasteiger charge is 2.18. The first kappa shape index (κ1) is 15.1. The van der Waals surface area contributed by atoms with Crippen molar-refractivity contribution in [1.29, 1.82) is 5.41 Å². The summed E-state index contributed by atoms with van der Waals surface area (Å²) < 4.78 is 32.7. The van der Waals surface area contributed by atoms with Crippen molar-refractivity contribution in [2.45, 2.75) is 33.0 Å². The fourth-order valence-electron chi connectivity index (χ4n) is 0.741. The number of rotatable bonds is 4. The minimum absolute atomic E-state index is 0.545. The highest BCUT2D eigenvalue weighted by Crippen LogP contribution is 2.08. The fraction of sp³-hybridized carbons (Fsp3) is 0.556. The first-order valence-electron chi connectivity index (χ1n) is 4.60. The van der Waals surface area contributed by atoms with Crippen molar-refractivity contribution < 1.29 is 23.0 Å². The molecule has 17 heavy (non-hydrogen) atoms. The van der Waals surface area contributed by atoms with E-state index in [-0.39, 0.29) is 0 Å². The van der Waals surface area contributed by atoms with E-state index in [1.165, 1.54) is 0 Å². The number of ether oxygens (including phenoxy) is 2. The number of halogens is 2. The Morgan fingerprint density at radius 2 is 2.00 bits per heavy atom. The molecule has 0 unspecified atom stereocenters. The quantitative estimate of drug-likeness (QED) is 0.401. The normalized spacial score (nSPS) is 12.2. The number of hydrogen-bond acceptors (Lipinski definition) is 4. The third-order valence-corrected chi connectivity index (χ3v) is 1.13. The lowest BCUT2D eigenvalue weighted by molar-refractivity contribution is -0.101. The Morgan fingerprint density at radius 3 is 2.35 bits per heavy atom. The van der Waals surface area contributed by atoms with E-state index in [2.05, 4.69) is 4.74 Å². The lowest BCUT2D eigenvalue weighted by Crippen LogP contribution is -2.33. The van der Waals surface area contributed by atoms with Gasteiger partial charge < -0.3 is 15.2 Å². The summed E-state index contributed by atoms with van der Waals surface area (Å²) in [6.45, 7) is 1.68. The van der Waals surface area contributed by atoms with Crippen LogP contribution >= 0.6 is 0 Å². The molecule has 0 atom stereocenters. The predicted octanol–water partition coefficient (Wildman–Crippen LogP) is 1.53. The summed E-state index contributed by atoms with van der Waals surface area (Å²) in [4.78, 5) is 11.2. The highest BCUT2D eigenvalue weighted by molar-refractivity contribution is 5.89. The molecular formula is C9H15F2N3O3. The van der Waals surface area contributed by atoms with Gasteiger partial charge in [0.15, 0.2) is 0 Å². The standard InChI is InChI=1S/C9H15F2N3O3/c1-9(2,3)17-8(15)14-6(4-5(12)13)16-7(10)11/h4,7H,1-3H3,(H3,12,13)(H,14,15)/b6-4+. The van der Waals surface area contributed by atoms with Gasteiger partial charge in [0.25, 0.3) is 0 Å². The van der Waals surface area contributed by atoms with Gasteiger partial charge in [-0.2, -0.15) is 8.78 Å². The van der Waals surface area contributed by atoms with Crippen molar-refractivity contribution in [3.63, 3.8) is 0 Å². The van der Waals surface area contributed by atoms with Gasteiger partial charge in [0.05, 0.1) is 0 Å². The zero-order chi connectivity index (χ0) is 13.6. The van der Waals surface area contributed by atoms with E-state index >= 15 is 0 Å². The first-order chi connectivity index (χ1) is 7.60. The molecule has 0 heterocycles. The fourth-order valence-corrected chi connectivity index (χ4v) is 0.741. The summed E-state index contributed by atoms with van der Waals surface area (Å²) in [6, 6.07) is 0. The van der Waals surface area contributed by atoms with Gasteiger partial charge in [-0.05, 0) is 20.8 Å². The van der Waals surface area contributed by atoms with Crippen LogP contribution < -0.4 is 11.1 Å². The summed E-state index contributed by atoms with van der Waals surface area (Å²) in [5.74, 6) is -1.20. The van der Waals surface area contributed by atoms with Crippen LogP contribution in [0.3, 0.4) is 0 Å². The Labute approximate surface area is 97.3 Å². The van der Waals surface area contributed by atoms with Crippen molar-refractivity contribution in [2.24, 2.45) is 5.73 Å². The van der Waals surface area contributed by atoms with Gasteiger partial charge in [-0.15, -0.1) is 0 Å². The lowest BCUT2D eigenvalue weighted by Gasteiger charge is -2.20. The summed E-state index contributed by atoms with van der Waals surface area (Å²) in [7, 11) is 0. The minimum Gasteiger partial charge on any atom is -0.444 e. The number of amides is 1. The highest BCUT2D eigenvalue weighted by atomic mass is 19.3. The van der Waals surface area contributed by atoms with Crippen molar-refractivity contribution in [2.75, 3.05) is 0 Å². The SMILES string of the molecule is CC(C)(C)OC(=O)N/C(=C\C(=N)N)OC(F)F. The maximum Gasteiger partial charge on any atom is 0.414 e. The molecule has 0 bridgehead atoms. The maximum atomic E-state index is 12.0. The minimum atomic E-state index is -3.14. The molecule has 0 saturated carbocycles. The second-order valence-corrected chi connectivity index (χ2v) is 3.97. The third-order valence-electron chi connectivity index (χ3n) is 1.13. The molecule has 98 valence electrons. The summed E-state index contributed by atoms with van der Waals surface area (Å²) in [6.07, 6.45) is -0.249. The number of hydrogen-bond donors (Lipinski definition) is 3. The van der Waals surface area contributed by atoms with Gasteiger partial charge in [0, 0.05) is 6.08 Å². The van der Waals surface area contributed by atoms with E-state index in [4.69, 9.17) is 15.9 Å². The Bertz CT molecular complexity index is 324. The molecular weight excluding hydrogens is 236 g/mol. The average Bonchev–Trinajstić information content (AvgIpc) is 1.95. The molecule has 0 aromatic heterocycles. The second-order valence-electron chi connectivity index (χ2n) is 3.97. The molecule has 6 nitrogen and oxygen atoms in total. The molecule has 0 saturated heterocycles. The van der Waals surface area contributed by atoms with Crippen molar-refractivity contribution in [3.05, 3.63) is 12.0 Å². The molecule has 0 radical (unpaired) electrons. The van der Waals surface area contributed by atoms with Crippen LogP contribution in [0.1, 0.15) is 20.8 Å². The van der Waals surface area contributed by atoms with E-state index in [1.54, 1.807) is 20.8 Å². The van der Waals surface area contributed by atoms with E-state index in [9.17, 15) is 13.6 Å². The van der Waals surface area contributed by atoms with Gasteiger partial charge in [-0.1, -0.05) is 0 Å². The Balaban J connectivity index is 4.55. The number of alkyl halides is 2.